The molecule has 1 aliphatic carbocycles. The van der Waals surface area contributed by atoms with Crippen molar-refractivity contribution in [3.8, 4) is 5.75 Å². The summed E-state index contributed by atoms with van der Waals surface area (Å²) in [5.74, 6) is 0.678. The summed E-state index contributed by atoms with van der Waals surface area (Å²) >= 11 is 0. The Bertz CT molecular complexity index is 782. The molecule has 1 fully saturated rings. The minimum Gasteiger partial charge on any atom is -0.497 e. The number of benzene rings is 2. The van der Waals surface area contributed by atoms with Crippen molar-refractivity contribution >= 4 is 17.3 Å². The largest absolute Gasteiger partial charge is 0.497 e. The summed E-state index contributed by atoms with van der Waals surface area (Å²) in [7, 11) is 3.32. The van der Waals surface area contributed by atoms with Gasteiger partial charge in [-0.1, -0.05) is 18.2 Å². The molecule has 1 amide bonds. The number of amides is 1. The van der Waals surface area contributed by atoms with Gasteiger partial charge in [-0.2, -0.15) is 0 Å². The van der Waals surface area contributed by atoms with Gasteiger partial charge in [0.2, 0.25) is 5.91 Å². The van der Waals surface area contributed by atoms with Crippen LogP contribution in [0.2, 0.25) is 0 Å². The van der Waals surface area contributed by atoms with Crippen LogP contribution < -0.4 is 9.64 Å². The van der Waals surface area contributed by atoms with Gasteiger partial charge in [0.25, 0.3) is 5.69 Å². The van der Waals surface area contributed by atoms with E-state index in [9.17, 15) is 14.9 Å². The van der Waals surface area contributed by atoms with E-state index >= 15 is 0 Å². The van der Waals surface area contributed by atoms with Crippen LogP contribution in [0.3, 0.4) is 0 Å². The number of nitro groups is 1. The maximum absolute atomic E-state index is 13.0. The smallest absolute Gasteiger partial charge is 0.269 e. The third-order valence-corrected chi connectivity index (χ3v) is 4.54. The van der Waals surface area contributed by atoms with E-state index in [1.807, 2.05) is 24.3 Å². The topological polar surface area (TPSA) is 72.7 Å². The van der Waals surface area contributed by atoms with Gasteiger partial charge in [0.15, 0.2) is 0 Å². The summed E-state index contributed by atoms with van der Waals surface area (Å²) in [4.78, 5) is 25.0. The highest BCUT2D eigenvalue weighted by Crippen LogP contribution is 2.50. The maximum atomic E-state index is 13.0. The average Bonchev–Trinajstić information content (AvgIpc) is 3.42. The summed E-state index contributed by atoms with van der Waals surface area (Å²) in [6, 6.07) is 13.6. The number of non-ortho nitro benzene ring substituents is 1. The fourth-order valence-electron chi connectivity index (χ4n) is 2.91. The molecule has 0 aromatic heterocycles. The number of carbonyl (C=O) groups is 1. The Balaban J connectivity index is 1.86. The Morgan fingerprint density at radius 2 is 1.88 bits per heavy atom. The molecule has 6 heteroatoms. The number of anilines is 1. The molecule has 2 aromatic rings. The molecule has 24 heavy (non-hydrogen) atoms. The molecule has 6 nitrogen and oxygen atoms in total. The molecule has 3 rings (SSSR count). The third kappa shape index (κ3) is 2.71. The van der Waals surface area contributed by atoms with E-state index in [0.717, 1.165) is 24.1 Å². The highest BCUT2D eigenvalue weighted by atomic mass is 16.6. The van der Waals surface area contributed by atoms with E-state index in [0.29, 0.717) is 5.75 Å². The molecule has 0 heterocycles. The number of hydrogen-bond donors (Lipinski definition) is 0. The lowest BCUT2D eigenvalue weighted by molar-refractivity contribution is -0.384. The number of methoxy groups -OCH3 is 1. The number of ether oxygens (including phenoxy) is 1. The van der Waals surface area contributed by atoms with Crippen LogP contribution in [0.1, 0.15) is 18.4 Å². The molecule has 0 N–H and O–H groups in total. The predicted molar refractivity (Wildman–Crippen MR) is 90.4 cm³/mol. The average molecular weight is 326 g/mol. The standard InChI is InChI=1S/C18H18N2O4/c1-19(15-4-3-5-16(12-15)24-2)17(21)18(10-11-18)13-6-8-14(9-7-13)20(22)23/h3-9,12H,10-11H2,1-2H3. The molecule has 0 bridgehead atoms. The number of rotatable bonds is 5. The van der Waals surface area contributed by atoms with Crippen LogP contribution in [0, 0.1) is 10.1 Å². The van der Waals surface area contributed by atoms with Crippen LogP contribution >= 0.6 is 0 Å². The number of carbonyl (C=O) groups excluding carboxylic acids is 1. The van der Waals surface area contributed by atoms with E-state index in [4.69, 9.17) is 4.74 Å². The van der Waals surface area contributed by atoms with Crippen LogP contribution in [-0.2, 0) is 10.2 Å². The van der Waals surface area contributed by atoms with Crippen LogP contribution in [0.15, 0.2) is 48.5 Å². The molecule has 0 saturated heterocycles. The molecule has 0 aliphatic heterocycles. The van der Waals surface area contributed by atoms with Crippen LogP contribution in [0.4, 0.5) is 11.4 Å². The Morgan fingerprint density at radius 1 is 1.21 bits per heavy atom. The predicted octanol–water partition coefficient (Wildman–Crippen LogP) is 3.30. The van der Waals surface area contributed by atoms with Crippen molar-refractivity contribution in [2.45, 2.75) is 18.3 Å². The van der Waals surface area contributed by atoms with Gasteiger partial charge in [0.05, 0.1) is 17.4 Å². The second kappa shape index (κ2) is 5.96. The second-order valence-electron chi connectivity index (χ2n) is 5.95. The monoisotopic (exact) mass is 326 g/mol. The lowest BCUT2D eigenvalue weighted by Crippen LogP contribution is -2.36. The third-order valence-electron chi connectivity index (χ3n) is 4.54. The number of hydrogen-bond acceptors (Lipinski definition) is 4. The fraction of sp³-hybridized carbons (Fsp3) is 0.278. The quantitative estimate of drug-likeness (QED) is 0.624. The Hall–Kier alpha value is -2.89. The first-order chi connectivity index (χ1) is 11.5. The van der Waals surface area contributed by atoms with Crippen LogP contribution in [0.25, 0.3) is 0 Å². The van der Waals surface area contributed by atoms with Crippen molar-refractivity contribution in [2.75, 3.05) is 19.1 Å². The highest BCUT2D eigenvalue weighted by molar-refractivity contribution is 6.03. The number of nitro benzene ring substituents is 1. The molecule has 0 atom stereocenters. The summed E-state index contributed by atoms with van der Waals surface area (Å²) in [6.07, 6.45) is 1.50. The Morgan fingerprint density at radius 3 is 2.42 bits per heavy atom. The first-order valence-electron chi connectivity index (χ1n) is 7.65. The minimum atomic E-state index is -0.576. The van der Waals surface area contributed by atoms with Gasteiger partial charge in [-0.25, -0.2) is 0 Å². The first-order valence-corrected chi connectivity index (χ1v) is 7.65. The number of likely N-dealkylation sites (N-methyl/N-ethyl adjacent to an activating group) is 1. The molecule has 0 spiro atoms. The van der Waals surface area contributed by atoms with Crippen molar-refractivity contribution < 1.29 is 14.5 Å². The second-order valence-corrected chi connectivity index (χ2v) is 5.95. The summed E-state index contributed by atoms with van der Waals surface area (Å²) in [6.45, 7) is 0. The van der Waals surface area contributed by atoms with Crippen molar-refractivity contribution in [1.82, 2.24) is 0 Å². The molecule has 2 aromatic carbocycles. The summed E-state index contributed by atoms with van der Waals surface area (Å²) in [5.41, 5.74) is 1.04. The fourth-order valence-corrected chi connectivity index (χ4v) is 2.91. The van der Waals surface area contributed by atoms with E-state index < -0.39 is 10.3 Å². The molecule has 0 radical (unpaired) electrons. The number of nitrogens with zero attached hydrogens (tertiary/aromatic N) is 2. The van der Waals surface area contributed by atoms with Gasteiger partial charge < -0.3 is 9.64 Å². The van der Waals surface area contributed by atoms with E-state index in [1.54, 1.807) is 31.2 Å². The Labute approximate surface area is 139 Å². The molecule has 0 unspecified atom stereocenters. The van der Waals surface area contributed by atoms with Crippen LogP contribution in [-0.4, -0.2) is 25.0 Å². The maximum Gasteiger partial charge on any atom is 0.269 e. The zero-order valence-corrected chi connectivity index (χ0v) is 13.6. The van der Waals surface area contributed by atoms with Gasteiger partial charge in [-0.15, -0.1) is 0 Å². The van der Waals surface area contributed by atoms with Crippen molar-refractivity contribution in [2.24, 2.45) is 0 Å². The first kappa shape index (κ1) is 16.0. The summed E-state index contributed by atoms with van der Waals surface area (Å²) in [5, 5.41) is 10.8. The highest BCUT2D eigenvalue weighted by Gasteiger charge is 2.52. The van der Waals surface area contributed by atoms with Crippen molar-refractivity contribution in [1.29, 1.82) is 0 Å². The van der Waals surface area contributed by atoms with Crippen molar-refractivity contribution in [3.05, 3.63) is 64.2 Å². The molecule has 124 valence electrons. The molecular weight excluding hydrogens is 308 g/mol. The lowest BCUT2D eigenvalue weighted by atomic mass is 9.94. The van der Waals surface area contributed by atoms with Gasteiger partial charge in [-0.05, 0) is 30.5 Å². The van der Waals surface area contributed by atoms with Gasteiger partial charge in [-0.3, -0.25) is 14.9 Å². The van der Waals surface area contributed by atoms with Crippen LogP contribution in [0.5, 0.6) is 5.75 Å². The van der Waals surface area contributed by atoms with Gasteiger partial charge in [0.1, 0.15) is 5.75 Å². The van der Waals surface area contributed by atoms with E-state index in [1.165, 1.54) is 12.1 Å². The SMILES string of the molecule is COc1cccc(N(C)C(=O)C2(c3ccc([N+](=O)[O-])cc3)CC2)c1. The normalized spacial score (nSPS) is 14.8. The Kier molecular flexibility index (Phi) is 3.97. The zero-order chi connectivity index (χ0) is 17.3. The van der Waals surface area contributed by atoms with E-state index in [2.05, 4.69) is 0 Å². The van der Waals surface area contributed by atoms with Gasteiger partial charge in [0, 0.05) is 30.9 Å². The zero-order valence-electron chi connectivity index (χ0n) is 13.6. The molecule has 1 aliphatic rings. The van der Waals surface area contributed by atoms with Gasteiger partial charge >= 0.3 is 0 Å². The van der Waals surface area contributed by atoms with Crippen molar-refractivity contribution in [3.63, 3.8) is 0 Å². The molecular formula is C18H18N2O4. The summed E-state index contributed by atoms with van der Waals surface area (Å²) < 4.78 is 5.20. The lowest BCUT2D eigenvalue weighted by Gasteiger charge is -2.24. The molecule has 1 saturated carbocycles. The van der Waals surface area contributed by atoms with E-state index in [-0.39, 0.29) is 11.6 Å². The minimum absolute atomic E-state index is 0.00962.